The van der Waals surface area contributed by atoms with E-state index in [0.29, 0.717) is 5.56 Å². The first kappa shape index (κ1) is 25.5. The lowest BCUT2D eigenvalue weighted by molar-refractivity contribution is -0.143. The molecule has 0 bridgehead atoms. The van der Waals surface area contributed by atoms with E-state index in [1.165, 1.54) is 6.92 Å². The summed E-state index contributed by atoms with van der Waals surface area (Å²) in [5.41, 5.74) is 11.4. The van der Waals surface area contributed by atoms with Crippen LogP contribution in [0.25, 0.3) is 0 Å². The van der Waals surface area contributed by atoms with E-state index in [9.17, 15) is 24.0 Å². The number of aliphatic hydroxyl groups excluding tert-OH is 1. The van der Waals surface area contributed by atoms with Gasteiger partial charge in [-0.25, -0.2) is 4.79 Å². The molecule has 4 atom stereocenters. The summed E-state index contributed by atoms with van der Waals surface area (Å²) in [5, 5.41) is 24.8. The molecule has 1 aromatic carbocycles. The summed E-state index contributed by atoms with van der Waals surface area (Å²) in [7, 11) is 0. The average Bonchev–Trinajstić information content (AvgIpc) is 2.70. The standard InChI is InChI=1S/C19H27N5O7/c1-10(20)16(27)22-12(7-11-5-3-2-4-6-11)17(28)23-13(8-15(21)26)18(29)24-14(9-25)19(30)31/h2-6,10,12-14,25H,7-9,20H2,1H3,(H2,21,26)(H,22,27)(H,23,28)(H,24,29)(H,30,31). The van der Waals surface area contributed by atoms with E-state index in [1.807, 2.05) is 5.32 Å². The van der Waals surface area contributed by atoms with E-state index in [2.05, 4.69) is 10.6 Å². The first-order chi connectivity index (χ1) is 14.5. The van der Waals surface area contributed by atoms with Crippen molar-refractivity contribution in [3.8, 4) is 0 Å². The molecule has 0 fully saturated rings. The highest BCUT2D eigenvalue weighted by Gasteiger charge is 2.30. The van der Waals surface area contributed by atoms with Crippen molar-refractivity contribution < 1.29 is 34.2 Å². The molecule has 0 radical (unpaired) electrons. The van der Waals surface area contributed by atoms with Crippen molar-refractivity contribution in [2.45, 2.75) is 43.9 Å². The van der Waals surface area contributed by atoms with Gasteiger partial charge >= 0.3 is 5.97 Å². The summed E-state index contributed by atoms with van der Waals surface area (Å²) >= 11 is 0. The molecule has 9 N–H and O–H groups in total. The van der Waals surface area contributed by atoms with E-state index in [1.54, 1.807) is 30.3 Å². The first-order valence-electron chi connectivity index (χ1n) is 9.37. The van der Waals surface area contributed by atoms with E-state index in [-0.39, 0.29) is 6.42 Å². The highest BCUT2D eigenvalue weighted by atomic mass is 16.4. The fourth-order valence-electron chi connectivity index (χ4n) is 2.50. The Morgan fingerprint density at radius 2 is 1.42 bits per heavy atom. The number of aliphatic carboxylic acids is 1. The number of carbonyl (C=O) groups is 5. The summed E-state index contributed by atoms with van der Waals surface area (Å²) in [6.45, 7) is 0.524. The van der Waals surface area contributed by atoms with Crippen molar-refractivity contribution >= 4 is 29.6 Å². The van der Waals surface area contributed by atoms with Gasteiger partial charge in [-0.1, -0.05) is 30.3 Å². The van der Waals surface area contributed by atoms with Crippen LogP contribution >= 0.6 is 0 Å². The van der Waals surface area contributed by atoms with Crippen LogP contribution in [0, 0.1) is 0 Å². The van der Waals surface area contributed by atoms with E-state index in [0.717, 1.165) is 0 Å². The molecule has 0 spiro atoms. The third-order valence-electron chi connectivity index (χ3n) is 4.16. The van der Waals surface area contributed by atoms with E-state index < -0.39 is 66.8 Å². The van der Waals surface area contributed by atoms with E-state index in [4.69, 9.17) is 21.7 Å². The number of carboxylic acids is 1. The highest BCUT2D eigenvalue weighted by Crippen LogP contribution is 2.05. The third kappa shape index (κ3) is 8.80. The van der Waals surface area contributed by atoms with Crippen LogP contribution in [0.1, 0.15) is 18.9 Å². The fraction of sp³-hybridized carbons (Fsp3) is 0.421. The molecule has 1 rings (SSSR count). The molecule has 1 aromatic rings. The zero-order valence-corrected chi connectivity index (χ0v) is 16.9. The Hall–Kier alpha value is -3.51. The summed E-state index contributed by atoms with van der Waals surface area (Å²) in [4.78, 5) is 59.6. The van der Waals surface area contributed by atoms with Gasteiger partial charge in [-0.3, -0.25) is 19.2 Å². The molecule has 4 amide bonds. The lowest BCUT2D eigenvalue weighted by atomic mass is 10.0. The van der Waals surface area contributed by atoms with Gasteiger partial charge in [0.25, 0.3) is 0 Å². The molecule has 12 nitrogen and oxygen atoms in total. The predicted octanol–water partition coefficient (Wildman–Crippen LogP) is -3.02. The summed E-state index contributed by atoms with van der Waals surface area (Å²) in [6.07, 6.45) is -0.570. The monoisotopic (exact) mass is 437 g/mol. The van der Waals surface area contributed by atoms with Crippen molar-refractivity contribution in [1.82, 2.24) is 16.0 Å². The summed E-state index contributed by atoms with van der Waals surface area (Å²) < 4.78 is 0. The molecule has 0 aliphatic heterocycles. The SMILES string of the molecule is CC(N)C(=O)NC(Cc1ccccc1)C(=O)NC(CC(N)=O)C(=O)NC(CO)C(=O)O. The van der Waals surface area contributed by atoms with Crippen LogP contribution in [-0.2, 0) is 30.4 Å². The second-order valence-corrected chi connectivity index (χ2v) is 6.85. The van der Waals surface area contributed by atoms with Gasteiger partial charge in [0.15, 0.2) is 0 Å². The molecule has 0 aliphatic rings. The van der Waals surface area contributed by atoms with Crippen molar-refractivity contribution in [3.63, 3.8) is 0 Å². The average molecular weight is 437 g/mol. The Bertz CT molecular complexity index is 800. The number of hydrogen-bond acceptors (Lipinski definition) is 7. The first-order valence-corrected chi connectivity index (χ1v) is 9.37. The minimum absolute atomic E-state index is 0.0600. The van der Waals surface area contributed by atoms with Crippen LogP contribution < -0.4 is 27.4 Å². The van der Waals surface area contributed by atoms with Crippen molar-refractivity contribution in [3.05, 3.63) is 35.9 Å². The molecule has 31 heavy (non-hydrogen) atoms. The normalized spacial score (nSPS) is 14.4. The number of primary amides is 1. The Balaban J connectivity index is 3.04. The number of rotatable bonds is 12. The number of carbonyl (C=O) groups excluding carboxylic acids is 4. The zero-order chi connectivity index (χ0) is 23.6. The van der Waals surface area contributed by atoms with Crippen LogP contribution in [0.4, 0.5) is 0 Å². The van der Waals surface area contributed by atoms with Gasteiger partial charge in [0.1, 0.15) is 18.1 Å². The second-order valence-electron chi connectivity index (χ2n) is 6.85. The van der Waals surface area contributed by atoms with Crippen LogP contribution in [-0.4, -0.2) is 70.6 Å². The summed E-state index contributed by atoms with van der Waals surface area (Å²) in [5.74, 6) is -4.90. The zero-order valence-electron chi connectivity index (χ0n) is 16.9. The van der Waals surface area contributed by atoms with Gasteiger partial charge < -0.3 is 37.6 Å². The largest absolute Gasteiger partial charge is 0.480 e. The number of aliphatic hydroxyl groups is 1. The second kappa shape index (κ2) is 12.2. The van der Waals surface area contributed by atoms with Gasteiger partial charge in [-0.2, -0.15) is 0 Å². The van der Waals surface area contributed by atoms with Gasteiger partial charge in [0.05, 0.1) is 19.1 Å². The summed E-state index contributed by atoms with van der Waals surface area (Å²) in [6, 6.07) is 3.49. The van der Waals surface area contributed by atoms with Crippen LogP contribution in [0.5, 0.6) is 0 Å². The molecular formula is C19H27N5O7. The lowest BCUT2D eigenvalue weighted by Crippen LogP contribution is -2.58. The van der Waals surface area contributed by atoms with E-state index >= 15 is 0 Å². The van der Waals surface area contributed by atoms with Gasteiger partial charge in [0.2, 0.25) is 23.6 Å². The molecule has 0 aromatic heterocycles. The Morgan fingerprint density at radius 1 is 0.903 bits per heavy atom. The third-order valence-corrected chi connectivity index (χ3v) is 4.16. The predicted molar refractivity (Wildman–Crippen MR) is 108 cm³/mol. The van der Waals surface area contributed by atoms with Gasteiger partial charge in [-0.15, -0.1) is 0 Å². The molecule has 4 unspecified atom stereocenters. The van der Waals surface area contributed by atoms with Crippen LogP contribution in [0.15, 0.2) is 30.3 Å². The van der Waals surface area contributed by atoms with Crippen LogP contribution in [0.2, 0.25) is 0 Å². The molecule has 0 saturated heterocycles. The number of amides is 4. The Kier molecular flexibility index (Phi) is 10.1. The molecule has 170 valence electrons. The van der Waals surface area contributed by atoms with Gasteiger partial charge in [-0.05, 0) is 12.5 Å². The van der Waals surface area contributed by atoms with Crippen molar-refractivity contribution in [2.24, 2.45) is 11.5 Å². The maximum absolute atomic E-state index is 12.8. The Labute approximate surface area is 178 Å². The van der Waals surface area contributed by atoms with Crippen molar-refractivity contribution in [2.75, 3.05) is 6.61 Å². The molecule has 0 saturated carbocycles. The highest BCUT2D eigenvalue weighted by molar-refractivity contribution is 5.96. The molecule has 0 aliphatic carbocycles. The molecule has 0 heterocycles. The minimum Gasteiger partial charge on any atom is -0.480 e. The quantitative estimate of drug-likeness (QED) is 0.178. The Morgan fingerprint density at radius 3 is 1.90 bits per heavy atom. The number of nitrogens with two attached hydrogens (primary N) is 2. The van der Waals surface area contributed by atoms with Crippen LogP contribution in [0.3, 0.4) is 0 Å². The topological polar surface area (TPSA) is 214 Å². The minimum atomic E-state index is -1.64. The number of benzene rings is 1. The number of nitrogens with one attached hydrogen (secondary N) is 3. The lowest BCUT2D eigenvalue weighted by Gasteiger charge is -2.24. The number of carboxylic acid groups (broad SMARTS) is 1. The molecular weight excluding hydrogens is 410 g/mol. The number of hydrogen-bond donors (Lipinski definition) is 7. The van der Waals surface area contributed by atoms with Gasteiger partial charge in [0, 0.05) is 6.42 Å². The van der Waals surface area contributed by atoms with Crippen molar-refractivity contribution in [1.29, 1.82) is 0 Å². The molecule has 12 heteroatoms. The maximum Gasteiger partial charge on any atom is 0.328 e. The maximum atomic E-state index is 12.8. The fourth-order valence-corrected chi connectivity index (χ4v) is 2.50. The smallest absolute Gasteiger partial charge is 0.328 e.